The highest BCUT2D eigenvalue weighted by Gasteiger charge is 2.30. The number of fused-ring (bicyclic) bond motifs is 1. The van der Waals surface area contributed by atoms with Crippen molar-refractivity contribution < 1.29 is 9.53 Å². The Morgan fingerprint density at radius 1 is 1.71 bits per heavy atom. The van der Waals surface area contributed by atoms with Crippen LogP contribution < -0.4 is 0 Å². The summed E-state index contributed by atoms with van der Waals surface area (Å²) in [6, 6.07) is 0. The molecular formula is C11H14BN3O2. The van der Waals surface area contributed by atoms with Crippen LogP contribution in [0.15, 0.2) is 0 Å². The normalized spacial score (nSPS) is 14.1. The van der Waals surface area contributed by atoms with E-state index in [1.165, 1.54) is 0 Å². The number of hydrogen-bond donors (Lipinski definition) is 0. The summed E-state index contributed by atoms with van der Waals surface area (Å²) in [6.45, 7) is 4.62. The standard InChI is InChI=1S/C11H14BN3O2/c1-3-17-11(16)10-8(2)14-15-5-4-12(7-13)6-9(10)15/h3-6H2,1-2H3. The van der Waals surface area contributed by atoms with Crippen molar-refractivity contribution >= 4 is 12.7 Å². The van der Waals surface area contributed by atoms with Gasteiger partial charge in [0.15, 0.2) is 0 Å². The van der Waals surface area contributed by atoms with E-state index in [4.69, 9.17) is 10.00 Å². The van der Waals surface area contributed by atoms with Crippen LogP contribution in [0.25, 0.3) is 0 Å². The smallest absolute Gasteiger partial charge is 0.341 e. The van der Waals surface area contributed by atoms with E-state index in [0.717, 1.165) is 12.0 Å². The maximum atomic E-state index is 11.8. The van der Waals surface area contributed by atoms with Gasteiger partial charge in [0.05, 0.1) is 12.3 Å². The SMILES string of the molecule is CCOC(=O)c1c(C)nn2c1CB(C#N)CC2. The van der Waals surface area contributed by atoms with Crippen molar-refractivity contribution in [3.05, 3.63) is 17.0 Å². The molecule has 5 nitrogen and oxygen atoms in total. The van der Waals surface area contributed by atoms with E-state index in [-0.39, 0.29) is 12.7 Å². The Kier molecular flexibility index (Phi) is 3.18. The lowest BCUT2D eigenvalue weighted by atomic mass is 9.45. The Balaban J connectivity index is 2.37. The number of hydrogen-bond acceptors (Lipinski definition) is 4. The minimum absolute atomic E-state index is 0.0215. The van der Waals surface area contributed by atoms with E-state index < -0.39 is 0 Å². The molecular weight excluding hydrogens is 217 g/mol. The Bertz CT molecular complexity index is 490. The summed E-state index contributed by atoms with van der Waals surface area (Å²) in [7, 11) is 0. The van der Waals surface area contributed by atoms with Crippen molar-refractivity contribution in [3.63, 3.8) is 0 Å². The van der Waals surface area contributed by atoms with Crippen LogP contribution >= 0.6 is 0 Å². The van der Waals surface area contributed by atoms with E-state index >= 15 is 0 Å². The zero-order valence-electron chi connectivity index (χ0n) is 10.1. The third-order valence-corrected chi connectivity index (χ3v) is 3.02. The molecule has 0 N–H and O–H groups in total. The van der Waals surface area contributed by atoms with Crippen molar-refractivity contribution in [2.24, 2.45) is 0 Å². The molecule has 0 saturated carbocycles. The first-order valence-corrected chi connectivity index (χ1v) is 5.80. The summed E-state index contributed by atoms with van der Waals surface area (Å²) in [5.74, 6) is 1.93. The van der Waals surface area contributed by atoms with Gasteiger partial charge < -0.3 is 4.74 Å². The molecule has 2 rings (SSSR count). The van der Waals surface area contributed by atoms with Gasteiger partial charge in [-0.1, -0.05) is 0 Å². The number of nitriles is 1. The fraction of sp³-hybridized carbons (Fsp3) is 0.545. The molecule has 88 valence electrons. The first-order valence-electron chi connectivity index (χ1n) is 5.80. The fourth-order valence-corrected chi connectivity index (χ4v) is 2.21. The molecule has 0 fully saturated rings. The third kappa shape index (κ3) is 2.05. The monoisotopic (exact) mass is 231 g/mol. The predicted molar refractivity (Wildman–Crippen MR) is 62.8 cm³/mol. The first-order chi connectivity index (χ1) is 8.17. The summed E-state index contributed by atoms with van der Waals surface area (Å²) >= 11 is 0. The van der Waals surface area contributed by atoms with E-state index in [0.29, 0.717) is 30.7 Å². The topological polar surface area (TPSA) is 67.9 Å². The summed E-state index contributed by atoms with van der Waals surface area (Å²) in [6.07, 6.45) is 1.39. The van der Waals surface area contributed by atoms with Gasteiger partial charge in [-0.2, -0.15) is 5.10 Å². The molecule has 0 unspecified atom stereocenters. The second-order valence-electron chi connectivity index (χ2n) is 4.17. The quantitative estimate of drug-likeness (QED) is 0.562. The van der Waals surface area contributed by atoms with Gasteiger partial charge in [0.2, 0.25) is 0 Å². The summed E-state index contributed by atoms with van der Waals surface area (Å²) in [5, 5.41) is 13.3. The Labute approximate surface area is 100 Å². The number of esters is 1. The Morgan fingerprint density at radius 2 is 2.47 bits per heavy atom. The molecule has 2 heterocycles. The van der Waals surface area contributed by atoms with Crippen LogP contribution in [0.1, 0.15) is 28.7 Å². The van der Waals surface area contributed by atoms with Crippen molar-refractivity contribution in [1.82, 2.24) is 9.78 Å². The van der Waals surface area contributed by atoms with Crippen molar-refractivity contribution in [2.75, 3.05) is 6.61 Å². The number of rotatable bonds is 2. The molecule has 0 bridgehead atoms. The van der Waals surface area contributed by atoms with Gasteiger partial charge in [-0.3, -0.25) is 4.68 Å². The van der Waals surface area contributed by atoms with Gasteiger partial charge in [0.1, 0.15) is 5.56 Å². The zero-order chi connectivity index (χ0) is 12.4. The molecule has 1 aliphatic rings. The number of ether oxygens (including phenoxy) is 1. The van der Waals surface area contributed by atoms with Crippen LogP contribution in [0.5, 0.6) is 0 Å². The Hall–Kier alpha value is -1.77. The van der Waals surface area contributed by atoms with Gasteiger partial charge in [-0.25, -0.2) is 10.1 Å². The third-order valence-electron chi connectivity index (χ3n) is 3.02. The lowest BCUT2D eigenvalue weighted by Crippen LogP contribution is -2.27. The van der Waals surface area contributed by atoms with Crippen molar-refractivity contribution in [1.29, 1.82) is 5.26 Å². The lowest BCUT2D eigenvalue weighted by molar-refractivity contribution is 0.0524. The number of aryl methyl sites for hydroxylation is 2. The minimum Gasteiger partial charge on any atom is -0.462 e. The van der Waals surface area contributed by atoms with Crippen LogP contribution in [0.3, 0.4) is 0 Å². The molecule has 0 atom stereocenters. The number of aromatic nitrogens is 2. The maximum absolute atomic E-state index is 11.8. The summed E-state index contributed by atoms with van der Waals surface area (Å²) < 4.78 is 6.86. The van der Waals surface area contributed by atoms with Crippen molar-refractivity contribution in [3.8, 4) is 5.97 Å². The zero-order valence-corrected chi connectivity index (χ0v) is 10.1. The second kappa shape index (κ2) is 4.62. The summed E-state index contributed by atoms with van der Waals surface area (Å²) in [5.41, 5.74) is 2.09. The van der Waals surface area contributed by atoms with E-state index in [2.05, 4.69) is 11.1 Å². The van der Waals surface area contributed by atoms with Gasteiger partial charge in [0.25, 0.3) is 6.71 Å². The number of nitrogens with zero attached hydrogens (tertiary/aromatic N) is 3. The van der Waals surface area contributed by atoms with Crippen molar-refractivity contribution in [2.45, 2.75) is 33.0 Å². The average Bonchev–Trinajstić information content (AvgIpc) is 2.64. The van der Waals surface area contributed by atoms with Gasteiger partial charge in [0, 0.05) is 18.2 Å². The second-order valence-corrected chi connectivity index (χ2v) is 4.17. The average molecular weight is 231 g/mol. The highest BCUT2D eigenvalue weighted by Crippen LogP contribution is 2.22. The van der Waals surface area contributed by atoms with E-state index in [1.54, 1.807) is 13.8 Å². The molecule has 0 amide bonds. The molecule has 0 spiro atoms. The number of carbonyl (C=O) groups is 1. The molecule has 0 saturated heterocycles. The van der Waals surface area contributed by atoms with Crippen LogP contribution in [0.4, 0.5) is 0 Å². The summed E-state index contributed by atoms with van der Waals surface area (Å²) in [4.78, 5) is 11.8. The molecule has 0 aromatic carbocycles. The minimum atomic E-state index is -0.329. The molecule has 0 aliphatic carbocycles. The predicted octanol–water partition coefficient (Wildman–Crippen LogP) is 1.02. The van der Waals surface area contributed by atoms with Gasteiger partial charge >= 0.3 is 5.97 Å². The molecule has 1 aromatic heterocycles. The van der Waals surface area contributed by atoms with Crippen LogP contribution in [0, 0.1) is 18.2 Å². The fourth-order valence-electron chi connectivity index (χ4n) is 2.21. The van der Waals surface area contributed by atoms with Crippen LogP contribution in [0.2, 0.25) is 6.32 Å². The van der Waals surface area contributed by atoms with E-state index in [1.807, 2.05) is 4.68 Å². The van der Waals surface area contributed by atoms with Gasteiger partial charge in [-0.05, 0) is 26.5 Å². The first kappa shape index (κ1) is 11.7. The van der Waals surface area contributed by atoms with Crippen LogP contribution in [-0.4, -0.2) is 29.1 Å². The van der Waals surface area contributed by atoms with Gasteiger partial charge in [-0.15, -0.1) is 0 Å². The molecule has 1 aromatic rings. The highest BCUT2D eigenvalue weighted by atomic mass is 16.5. The van der Waals surface area contributed by atoms with E-state index in [9.17, 15) is 4.79 Å². The molecule has 1 aliphatic heterocycles. The molecule has 0 radical (unpaired) electrons. The number of carbonyl (C=O) groups excluding carboxylic acids is 1. The highest BCUT2D eigenvalue weighted by molar-refractivity contribution is 6.66. The Morgan fingerprint density at radius 3 is 3.12 bits per heavy atom. The maximum Gasteiger partial charge on any atom is 0.341 e. The molecule has 6 heteroatoms. The largest absolute Gasteiger partial charge is 0.462 e. The van der Waals surface area contributed by atoms with Crippen LogP contribution in [-0.2, 0) is 17.6 Å². The lowest BCUT2D eigenvalue weighted by Gasteiger charge is -2.16. The molecule has 17 heavy (non-hydrogen) atoms.